The molecule has 0 saturated carbocycles. The van der Waals surface area contributed by atoms with Crippen molar-refractivity contribution in [1.82, 2.24) is 9.97 Å². The third-order valence-electron chi connectivity index (χ3n) is 3.55. The molecule has 1 amide bonds. The number of aromatic nitrogens is 2. The molecule has 31 heavy (non-hydrogen) atoms. The van der Waals surface area contributed by atoms with Crippen molar-refractivity contribution in [3.63, 3.8) is 0 Å². The Hall–Kier alpha value is -3.98. The highest BCUT2D eigenvalue weighted by Gasteiger charge is 2.09. The van der Waals surface area contributed by atoms with Crippen LogP contribution in [0.5, 0.6) is 5.75 Å². The highest BCUT2D eigenvalue weighted by molar-refractivity contribution is 5.99. The Labute approximate surface area is 190 Å². The van der Waals surface area contributed by atoms with Crippen LogP contribution in [0, 0.1) is 5.82 Å². The molecule has 1 heterocycles. The van der Waals surface area contributed by atoms with E-state index in [9.17, 15) is 9.18 Å². The van der Waals surface area contributed by atoms with E-state index < -0.39 is 66.3 Å². The fourth-order valence-corrected chi connectivity index (χ4v) is 2.20. The second-order valence-electron chi connectivity index (χ2n) is 5.74. The molecule has 0 saturated heterocycles. The molecule has 3 rings (SSSR count). The minimum absolute atomic E-state index is 0.000334. The molecular formula is C22H22FN5O3. The lowest BCUT2D eigenvalue weighted by atomic mass is 10.2. The van der Waals surface area contributed by atoms with E-state index in [-0.39, 0.29) is 19.2 Å². The number of carbonyl (C=O) groups is 1. The maximum atomic E-state index is 14.7. The number of methoxy groups -OCH3 is 1. The van der Waals surface area contributed by atoms with Gasteiger partial charge in [-0.15, -0.1) is 0 Å². The van der Waals surface area contributed by atoms with E-state index in [1.807, 2.05) is 0 Å². The Kier molecular flexibility index (Phi) is 4.61. The van der Waals surface area contributed by atoms with E-state index in [1.54, 1.807) is 24.3 Å². The van der Waals surface area contributed by atoms with Crippen LogP contribution in [-0.4, -0.2) is 36.1 Å². The summed E-state index contributed by atoms with van der Waals surface area (Å²) in [6.07, 6.45) is 0.0808. The number of benzene rings is 2. The smallest absolute Gasteiger partial charge is 0.247 e. The standard InChI is InChI=1S/C22H22FN5O3/c1-3-20(29)25-16-5-4-6-17(13-16)26-21-19(23)14-24-22(28-21)27-15-7-9-18(10-8-15)31-12-11-30-2/h3-10,13-14H,1,11-12H2,2H3,(H,25,29)(H2,24,26,27,28)/i2D3,4D,5D,6D,13D,14D. The summed E-state index contributed by atoms with van der Waals surface area (Å²) in [6, 6.07) is 3.79. The predicted molar refractivity (Wildman–Crippen MR) is 118 cm³/mol. The molecule has 8 nitrogen and oxygen atoms in total. The number of ether oxygens (including phenoxy) is 2. The van der Waals surface area contributed by atoms with Gasteiger partial charge in [0.15, 0.2) is 11.6 Å². The largest absolute Gasteiger partial charge is 0.491 e. The summed E-state index contributed by atoms with van der Waals surface area (Å²) in [5.74, 6) is -2.36. The lowest BCUT2D eigenvalue weighted by molar-refractivity contribution is -0.111. The van der Waals surface area contributed by atoms with Crippen molar-refractivity contribution in [2.75, 3.05) is 36.2 Å². The maximum Gasteiger partial charge on any atom is 0.247 e. The Morgan fingerprint density at radius 3 is 2.81 bits per heavy atom. The van der Waals surface area contributed by atoms with Gasteiger partial charge in [-0.2, -0.15) is 4.98 Å². The monoisotopic (exact) mass is 431 g/mol. The van der Waals surface area contributed by atoms with Crippen LogP contribution in [0.3, 0.4) is 0 Å². The van der Waals surface area contributed by atoms with E-state index in [0.717, 1.165) is 6.08 Å². The second-order valence-corrected chi connectivity index (χ2v) is 5.74. The Morgan fingerprint density at radius 1 is 1.23 bits per heavy atom. The van der Waals surface area contributed by atoms with Crippen LogP contribution in [0.2, 0.25) is 0 Å². The predicted octanol–water partition coefficient (Wildman–Crippen LogP) is 4.25. The summed E-state index contributed by atoms with van der Waals surface area (Å²) < 4.78 is 85.9. The summed E-state index contributed by atoms with van der Waals surface area (Å²) in [5.41, 5.74) is -0.404. The van der Waals surface area contributed by atoms with Crippen molar-refractivity contribution in [2.24, 2.45) is 0 Å². The van der Waals surface area contributed by atoms with Crippen molar-refractivity contribution in [1.29, 1.82) is 0 Å². The van der Waals surface area contributed by atoms with Gasteiger partial charge < -0.3 is 25.4 Å². The quantitative estimate of drug-likeness (QED) is 0.326. The number of carbonyl (C=O) groups excluding carboxylic acids is 1. The fraction of sp³-hybridized carbons (Fsp3) is 0.136. The molecule has 0 aliphatic carbocycles. The van der Waals surface area contributed by atoms with Crippen LogP contribution in [0.1, 0.15) is 11.0 Å². The van der Waals surface area contributed by atoms with Gasteiger partial charge in [0.05, 0.1) is 23.7 Å². The number of anilines is 5. The lowest BCUT2D eigenvalue weighted by Crippen LogP contribution is -2.07. The molecule has 0 aliphatic heterocycles. The molecule has 0 fully saturated rings. The van der Waals surface area contributed by atoms with E-state index >= 15 is 0 Å². The van der Waals surface area contributed by atoms with Gasteiger partial charge >= 0.3 is 0 Å². The number of halogens is 1. The second kappa shape index (κ2) is 10.7. The van der Waals surface area contributed by atoms with E-state index in [1.165, 1.54) is 0 Å². The van der Waals surface area contributed by atoms with Gasteiger partial charge in [-0.3, -0.25) is 4.79 Å². The number of nitrogens with one attached hydrogen (secondary N) is 3. The Bertz CT molecular complexity index is 1390. The maximum absolute atomic E-state index is 14.7. The van der Waals surface area contributed by atoms with Crippen molar-refractivity contribution < 1.29 is 29.6 Å². The topological polar surface area (TPSA) is 97.4 Å². The van der Waals surface area contributed by atoms with Crippen molar-refractivity contribution in [2.45, 2.75) is 0 Å². The highest BCUT2D eigenvalue weighted by Crippen LogP contribution is 2.23. The molecule has 0 spiro atoms. The summed E-state index contributed by atoms with van der Waals surface area (Å²) >= 11 is 0. The van der Waals surface area contributed by atoms with Crippen molar-refractivity contribution in [3.05, 3.63) is 73.1 Å². The summed E-state index contributed by atoms with van der Waals surface area (Å²) in [5, 5.41) is 7.41. The molecule has 3 aromatic rings. The van der Waals surface area contributed by atoms with Gasteiger partial charge in [-0.1, -0.05) is 12.6 Å². The van der Waals surface area contributed by atoms with Gasteiger partial charge in [0.25, 0.3) is 0 Å². The summed E-state index contributed by atoms with van der Waals surface area (Å²) in [7, 11) is -2.51. The van der Waals surface area contributed by atoms with E-state index in [0.29, 0.717) is 11.4 Å². The Balaban J connectivity index is 1.82. The lowest BCUT2D eigenvalue weighted by Gasteiger charge is -2.11. The molecular weight excluding hydrogens is 401 g/mol. The SMILES string of the molecule is [2H]c1nc(Nc2ccc(OCCOC([2H])([2H])[2H])cc2)nc(Nc2c([2H])c([2H])c([2H])c(NC(=O)C=C)c2[2H])c1F. The van der Waals surface area contributed by atoms with Crippen molar-refractivity contribution >= 4 is 34.7 Å². The number of amides is 1. The van der Waals surface area contributed by atoms with Crippen LogP contribution in [0.15, 0.2) is 67.3 Å². The summed E-state index contributed by atoms with van der Waals surface area (Å²) in [4.78, 5) is 19.4. The zero-order valence-corrected chi connectivity index (χ0v) is 16.0. The average molecular weight is 431 g/mol. The van der Waals surface area contributed by atoms with Gasteiger partial charge in [0, 0.05) is 24.1 Å². The first-order chi connectivity index (χ1) is 18.3. The van der Waals surface area contributed by atoms with Crippen molar-refractivity contribution in [3.8, 4) is 5.75 Å². The third kappa shape index (κ3) is 6.51. The van der Waals surface area contributed by atoms with Gasteiger partial charge in [0.1, 0.15) is 12.4 Å². The average Bonchev–Trinajstić information content (AvgIpc) is 2.88. The molecule has 160 valence electrons. The molecule has 0 atom stereocenters. The molecule has 9 heteroatoms. The zero-order valence-electron chi connectivity index (χ0n) is 24.0. The molecule has 0 aliphatic rings. The molecule has 2 aromatic carbocycles. The first kappa shape index (κ1) is 13.3. The van der Waals surface area contributed by atoms with E-state index in [4.69, 9.17) is 15.7 Å². The van der Waals surface area contributed by atoms with Crippen LogP contribution in [-0.2, 0) is 9.53 Å². The van der Waals surface area contributed by atoms with Crippen LogP contribution < -0.4 is 20.7 Å². The number of rotatable bonds is 10. The van der Waals surface area contributed by atoms with E-state index in [2.05, 4.69) is 37.2 Å². The number of nitrogens with zero attached hydrogens (tertiary/aromatic N) is 2. The minimum Gasteiger partial charge on any atom is -0.491 e. The van der Waals surface area contributed by atoms with Crippen LogP contribution in [0.25, 0.3) is 0 Å². The van der Waals surface area contributed by atoms with Gasteiger partial charge in [0.2, 0.25) is 11.9 Å². The molecule has 0 radical (unpaired) electrons. The minimum atomic E-state index is -2.51. The summed E-state index contributed by atoms with van der Waals surface area (Å²) in [6.45, 7) is 3.14. The first-order valence-corrected chi connectivity index (χ1v) is 8.79. The molecule has 0 bridgehead atoms. The fourth-order valence-electron chi connectivity index (χ4n) is 2.20. The van der Waals surface area contributed by atoms with Crippen LogP contribution >= 0.6 is 0 Å². The third-order valence-corrected chi connectivity index (χ3v) is 3.55. The zero-order chi connectivity index (χ0) is 28.9. The first-order valence-electron chi connectivity index (χ1n) is 12.8. The highest BCUT2D eigenvalue weighted by atomic mass is 19.1. The molecule has 0 unspecified atom stereocenters. The van der Waals surface area contributed by atoms with Gasteiger partial charge in [-0.05, 0) is 48.5 Å². The number of hydrogen-bond donors (Lipinski definition) is 3. The molecule has 3 N–H and O–H groups in total. The molecule has 1 aromatic heterocycles. The number of hydrogen-bond acceptors (Lipinski definition) is 7. The Morgan fingerprint density at radius 2 is 2.03 bits per heavy atom. The normalized spacial score (nSPS) is 14.4. The van der Waals surface area contributed by atoms with Crippen LogP contribution in [0.4, 0.5) is 33.2 Å². The van der Waals surface area contributed by atoms with Gasteiger partial charge in [-0.25, -0.2) is 9.37 Å².